The van der Waals surface area contributed by atoms with E-state index in [0.29, 0.717) is 29.5 Å². The molecule has 5 nitrogen and oxygen atoms in total. The molecule has 0 unspecified atom stereocenters. The van der Waals surface area contributed by atoms with Gasteiger partial charge in [-0.15, -0.1) is 0 Å². The fourth-order valence-corrected chi connectivity index (χ4v) is 2.42. The van der Waals surface area contributed by atoms with Crippen molar-refractivity contribution in [3.8, 4) is 5.75 Å². The summed E-state index contributed by atoms with van der Waals surface area (Å²) >= 11 is 0. The van der Waals surface area contributed by atoms with Crippen molar-refractivity contribution < 1.29 is 19.1 Å². The van der Waals surface area contributed by atoms with Gasteiger partial charge in [0, 0.05) is 5.69 Å². The number of esters is 1. The van der Waals surface area contributed by atoms with E-state index in [0.717, 1.165) is 11.1 Å². The summed E-state index contributed by atoms with van der Waals surface area (Å²) in [6, 6.07) is 12.4. The van der Waals surface area contributed by atoms with Crippen molar-refractivity contribution in [3.63, 3.8) is 0 Å². The molecule has 2 aromatic rings. The Balaban J connectivity index is 1.93. The molecule has 0 radical (unpaired) electrons. The summed E-state index contributed by atoms with van der Waals surface area (Å²) in [4.78, 5) is 24.6. The fourth-order valence-electron chi connectivity index (χ4n) is 2.42. The molecule has 0 saturated carbocycles. The normalized spacial score (nSPS) is 11.8. The average Bonchev–Trinajstić information content (AvgIpc) is 2.62. The SMILES string of the molecule is Cc1ccc(NC(=O)[C@H](C)OC(=O)c2ccc(OCC(C)C)cc2)c(C)c1. The number of amides is 1. The molecule has 1 atom stereocenters. The topological polar surface area (TPSA) is 64.6 Å². The highest BCUT2D eigenvalue weighted by atomic mass is 16.5. The number of carbonyl (C=O) groups excluding carboxylic acids is 2. The first-order chi connectivity index (χ1) is 12.8. The van der Waals surface area contributed by atoms with Crippen LogP contribution in [0.25, 0.3) is 0 Å². The molecular formula is C22H27NO4. The van der Waals surface area contributed by atoms with E-state index in [1.807, 2.05) is 32.0 Å². The lowest BCUT2D eigenvalue weighted by molar-refractivity contribution is -0.123. The highest BCUT2D eigenvalue weighted by Crippen LogP contribution is 2.17. The maximum absolute atomic E-state index is 12.3. The molecule has 27 heavy (non-hydrogen) atoms. The molecule has 1 amide bonds. The minimum Gasteiger partial charge on any atom is -0.493 e. The first-order valence-corrected chi connectivity index (χ1v) is 9.08. The number of hydrogen-bond donors (Lipinski definition) is 1. The number of ether oxygens (including phenoxy) is 2. The van der Waals surface area contributed by atoms with Gasteiger partial charge < -0.3 is 14.8 Å². The Morgan fingerprint density at radius 3 is 2.26 bits per heavy atom. The number of benzene rings is 2. The average molecular weight is 369 g/mol. The number of hydrogen-bond acceptors (Lipinski definition) is 4. The predicted octanol–water partition coefficient (Wildman–Crippen LogP) is 4.52. The molecule has 1 N–H and O–H groups in total. The van der Waals surface area contributed by atoms with Crippen molar-refractivity contribution in [3.05, 3.63) is 59.2 Å². The van der Waals surface area contributed by atoms with Crippen LogP contribution in [0.1, 0.15) is 42.3 Å². The molecule has 2 rings (SSSR count). The zero-order valence-electron chi connectivity index (χ0n) is 16.5. The van der Waals surface area contributed by atoms with Crippen LogP contribution in [0.4, 0.5) is 5.69 Å². The Labute approximate surface area is 160 Å². The van der Waals surface area contributed by atoms with Gasteiger partial charge in [0.15, 0.2) is 6.10 Å². The second kappa shape index (κ2) is 9.21. The third-order valence-corrected chi connectivity index (χ3v) is 3.97. The number of carbonyl (C=O) groups is 2. The first kappa shape index (κ1) is 20.5. The van der Waals surface area contributed by atoms with E-state index in [9.17, 15) is 9.59 Å². The molecule has 0 bridgehead atoms. The highest BCUT2D eigenvalue weighted by molar-refractivity contribution is 5.97. The Hall–Kier alpha value is -2.82. The van der Waals surface area contributed by atoms with Crippen LogP contribution in [0.3, 0.4) is 0 Å². The van der Waals surface area contributed by atoms with Crippen LogP contribution in [-0.4, -0.2) is 24.6 Å². The molecule has 0 fully saturated rings. The number of rotatable bonds is 7. The molecule has 144 valence electrons. The van der Waals surface area contributed by atoms with Crippen molar-refractivity contribution >= 4 is 17.6 Å². The van der Waals surface area contributed by atoms with E-state index in [4.69, 9.17) is 9.47 Å². The van der Waals surface area contributed by atoms with Gasteiger partial charge in [0.25, 0.3) is 5.91 Å². The summed E-state index contributed by atoms with van der Waals surface area (Å²) in [6.07, 6.45) is -0.907. The van der Waals surface area contributed by atoms with Crippen molar-refractivity contribution in [2.45, 2.75) is 40.7 Å². The van der Waals surface area contributed by atoms with E-state index < -0.39 is 12.1 Å². The van der Waals surface area contributed by atoms with Crippen LogP contribution in [0.15, 0.2) is 42.5 Å². The third-order valence-electron chi connectivity index (χ3n) is 3.97. The van der Waals surface area contributed by atoms with Crippen LogP contribution >= 0.6 is 0 Å². The molecule has 0 saturated heterocycles. The Morgan fingerprint density at radius 2 is 1.67 bits per heavy atom. The van der Waals surface area contributed by atoms with Gasteiger partial charge in [0.1, 0.15) is 5.75 Å². The van der Waals surface area contributed by atoms with Gasteiger partial charge in [-0.25, -0.2) is 4.79 Å². The first-order valence-electron chi connectivity index (χ1n) is 9.08. The summed E-state index contributed by atoms with van der Waals surface area (Å²) in [5.41, 5.74) is 3.16. The number of aryl methyl sites for hydroxylation is 2. The lowest BCUT2D eigenvalue weighted by Crippen LogP contribution is -2.30. The van der Waals surface area contributed by atoms with E-state index >= 15 is 0 Å². The Morgan fingerprint density at radius 1 is 1.00 bits per heavy atom. The van der Waals surface area contributed by atoms with E-state index in [1.165, 1.54) is 0 Å². The zero-order valence-corrected chi connectivity index (χ0v) is 16.5. The maximum Gasteiger partial charge on any atom is 0.338 e. The summed E-state index contributed by atoms with van der Waals surface area (Å²) in [6.45, 7) is 10.2. The largest absolute Gasteiger partial charge is 0.493 e. The summed E-state index contributed by atoms with van der Waals surface area (Å²) in [5, 5.41) is 2.79. The lowest BCUT2D eigenvalue weighted by atomic mass is 10.1. The van der Waals surface area contributed by atoms with Crippen molar-refractivity contribution in [1.82, 2.24) is 0 Å². The molecule has 2 aromatic carbocycles. The van der Waals surface area contributed by atoms with E-state index in [1.54, 1.807) is 31.2 Å². The van der Waals surface area contributed by atoms with Crippen LogP contribution in [0.5, 0.6) is 5.75 Å². The summed E-state index contributed by atoms with van der Waals surface area (Å²) < 4.78 is 10.9. The van der Waals surface area contributed by atoms with E-state index in [-0.39, 0.29) is 5.91 Å². The molecular weight excluding hydrogens is 342 g/mol. The van der Waals surface area contributed by atoms with Gasteiger partial charge >= 0.3 is 5.97 Å². The second-order valence-electron chi connectivity index (χ2n) is 7.08. The van der Waals surface area contributed by atoms with Crippen molar-refractivity contribution in [1.29, 1.82) is 0 Å². The molecule has 0 aliphatic rings. The zero-order chi connectivity index (χ0) is 20.0. The maximum atomic E-state index is 12.3. The van der Waals surface area contributed by atoms with Gasteiger partial charge in [-0.3, -0.25) is 4.79 Å². The standard InChI is InChI=1S/C22H27NO4/c1-14(2)13-26-19-9-7-18(8-10-19)22(25)27-17(5)21(24)23-20-11-6-15(3)12-16(20)4/h6-12,14,17H,13H2,1-5H3,(H,23,24)/t17-/m0/s1. The molecule has 0 aliphatic heterocycles. The van der Waals surface area contributed by atoms with Crippen LogP contribution in [0.2, 0.25) is 0 Å². The minimum absolute atomic E-state index is 0.368. The van der Waals surface area contributed by atoms with Crippen LogP contribution < -0.4 is 10.1 Å². The quantitative estimate of drug-likeness (QED) is 0.729. The molecule has 0 spiro atoms. The monoisotopic (exact) mass is 369 g/mol. The second-order valence-corrected chi connectivity index (χ2v) is 7.08. The van der Waals surface area contributed by atoms with Gasteiger partial charge in [0.05, 0.1) is 12.2 Å². The van der Waals surface area contributed by atoms with E-state index in [2.05, 4.69) is 19.2 Å². The van der Waals surface area contributed by atoms with Gasteiger partial charge in [0.2, 0.25) is 0 Å². The summed E-state index contributed by atoms with van der Waals surface area (Å²) in [7, 11) is 0. The van der Waals surface area contributed by atoms with Crippen LogP contribution in [-0.2, 0) is 9.53 Å². The smallest absolute Gasteiger partial charge is 0.338 e. The lowest BCUT2D eigenvalue weighted by Gasteiger charge is -2.15. The molecule has 5 heteroatoms. The van der Waals surface area contributed by atoms with Crippen molar-refractivity contribution in [2.24, 2.45) is 5.92 Å². The molecule has 0 aromatic heterocycles. The minimum atomic E-state index is -0.907. The van der Waals surface area contributed by atoms with Crippen molar-refractivity contribution in [2.75, 3.05) is 11.9 Å². The number of anilines is 1. The summed E-state index contributed by atoms with van der Waals surface area (Å²) in [5.74, 6) is 0.202. The Kier molecular flexibility index (Phi) is 6.99. The number of nitrogens with one attached hydrogen (secondary N) is 1. The predicted molar refractivity (Wildman–Crippen MR) is 106 cm³/mol. The Bertz CT molecular complexity index is 796. The molecule has 0 heterocycles. The third kappa shape index (κ3) is 6.13. The highest BCUT2D eigenvalue weighted by Gasteiger charge is 2.19. The van der Waals surface area contributed by atoms with Gasteiger partial charge in [-0.2, -0.15) is 0 Å². The van der Waals surface area contributed by atoms with Gasteiger partial charge in [-0.05, 0) is 62.6 Å². The fraction of sp³-hybridized carbons (Fsp3) is 0.364. The van der Waals surface area contributed by atoms with Crippen LogP contribution in [0, 0.1) is 19.8 Å². The van der Waals surface area contributed by atoms with Gasteiger partial charge in [-0.1, -0.05) is 31.5 Å². The molecule has 0 aliphatic carbocycles.